The van der Waals surface area contributed by atoms with Crippen LogP contribution in [-0.2, 0) is 11.2 Å². The van der Waals surface area contributed by atoms with Crippen LogP contribution in [0.5, 0.6) is 23.0 Å². The van der Waals surface area contributed by atoms with Crippen molar-refractivity contribution in [3.05, 3.63) is 47.5 Å². The lowest BCUT2D eigenvalue weighted by molar-refractivity contribution is -0.277. The number of aliphatic hydroxyl groups is 4. The molecule has 0 bridgehead atoms. The first-order chi connectivity index (χ1) is 16.3. The Morgan fingerprint density at radius 2 is 1.50 bits per heavy atom. The summed E-state index contributed by atoms with van der Waals surface area (Å²) in [4.78, 5) is 12.9. The topological polar surface area (TPSA) is 144 Å². The molecule has 1 fully saturated rings. The molecule has 2 unspecified atom stereocenters. The van der Waals surface area contributed by atoms with Crippen LogP contribution in [-0.4, -0.2) is 84.9 Å². The van der Waals surface area contributed by atoms with E-state index in [1.165, 1.54) is 21.3 Å². The van der Waals surface area contributed by atoms with Crippen molar-refractivity contribution in [2.45, 2.75) is 43.5 Å². The van der Waals surface area contributed by atoms with E-state index in [-0.39, 0.29) is 12.2 Å². The smallest absolute Gasteiger partial charge is 0.229 e. The van der Waals surface area contributed by atoms with Crippen LogP contribution >= 0.6 is 0 Å². The van der Waals surface area contributed by atoms with Crippen LogP contribution in [0.25, 0.3) is 0 Å². The number of aryl methyl sites for hydroxylation is 1. The maximum Gasteiger partial charge on any atom is 0.229 e. The van der Waals surface area contributed by atoms with E-state index in [1.54, 1.807) is 36.4 Å². The number of carbonyl (C=O) groups is 1. The molecule has 1 aliphatic heterocycles. The van der Waals surface area contributed by atoms with E-state index in [0.717, 1.165) is 5.56 Å². The average molecular weight is 478 g/mol. The fourth-order valence-electron chi connectivity index (χ4n) is 3.70. The molecule has 1 heterocycles. The minimum atomic E-state index is -1.52. The van der Waals surface area contributed by atoms with Crippen LogP contribution in [0.2, 0.25) is 0 Å². The minimum absolute atomic E-state index is 0.155. The summed E-state index contributed by atoms with van der Waals surface area (Å²) in [6.45, 7) is -0.540. The molecule has 10 heteroatoms. The lowest BCUT2D eigenvalue weighted by atomic mass is 9.99. The highest BCUT2D eigenvalue weighted by molar-refractivity contribution is 6.01. The minimum Gasteiger partial charge on any atom is -0.496 e. The van der Waals surface area contributed by atoms with Gasteiger partial charge in [0.25, 0.3) is 0 Å². The molecule has 4 N–H and O–H groups in total. The summed E-state index contributed by atoms with van der Waals surface area (Å²) in [7, 11) is 4.46. The van der Waals surface area contributed by atoms with Gasteiger partial charge in [0.2, 0.25) is 6.29 Å². The highest BCUT2D eigenvalue weighted by Gasteiger charge is 2.44. The molecule has 3 rings (SSSR count). The molecule has 186 valence electrons. The predicted octanol–water partition coefficient (Wildman–Crippen LogP) is 0.707. The summed E-state index contributed by atoms with van der Waals surface area (Å²) >= 11 is 0. The molecule has 0 amide bonds. The Labute approximate surface area is 197 Å². The van der Waals surface area contributed by atoms with Crippen LogP contribution in [0, 0.1) is 0 Å². The van der Waals surface area contributed by atoms with Crippen LogP contribution in [0.1, 0.15) is 22.3 Å². The van der Waals surface area contributed by atoms with Gasteiger partial charge >= 0.3 is 0 Å². The highest BCUT2D eigenvalue weighted by atomic mass is 16.7. The third kappa shape index (κ3) is 5.60. The normalized spacial score (nSPS) is 24.4. The fourth-order valence-corrected chi connectivity index (χ4v) is 3.70. The lowest BCUT2D eigenvalue weighted by Crippen LogP contribution is -2.60. The Morgan fingerprint density at radius 3 is 2.03 bits per heavy atom. The molecule has 2 aromatic rings. The van der Waals surface area contributed by atoms with Gasteiger partial charge < -0.3 is 44.1 Å². The zero-order valence-electron chi connectivity index (χ0n) is 19.2. The maximum atomic E-state index is 12.9. The molecular weight excluding hydrogens is 448 g/mol. The molecule has 1 saturated heterocycles. The number of ketones is 1. The summed E-state index contributed by atoms with van der Waals surface area (Å²) in [5.74, 6) is 1.44. The van der Waals surface area contributed by atoms with Crippen molar-refractivity contribution in [1.82, 2.24) is 0 Å². The fraction of sp³-hybridized carbons (Fsp3) is 0.458. The molecule has 0 radical (unpaired) electrons. The zero-order chi connectivity index (χ0) is 24.8. The van der Waals surface area contributed by atoms with Gasteiger partial charge in [-0.25, -0.2) is 0 Å². The number of hydrogen-bond donors (Lipinski definition) is 4. The predicted molar refractivity (Wildman–Crippen MR) is 120 cm³/mol. The SMILES string of the molecule is COc1cc(OC)c(C(=O)CCc2ccc(O[C@@H]3OC(CO)[C@@H](O)C(O)[C@@H]3O)cc2)c(OC)c1. The standard InChI is InChI=1S/C24H30O10/c1-30-15-10-17(31-2)20(18(11-15)32-3)16(26)9-6-13-4-7-14(8-5-13)33-24-23(29)22(28)21(27)19(12-25)34-24/h4-5,7-8,10-11,19,21-25,27-29H,6,9,12H2,1-3H3/t19?,21-,22?,23+,24-/m1/s1. The van der Waals surface area contributed by atoms with Crippen LogP contribution in [0.3, 0.4) is 0 Å². The van der Waals surface area contributed by atoms with Gasteiger partial charge in [-0.3, -0.25) is 4.79 Å². The molecule has 1 aliphatic rings. The summed E-state index contributed by atoms with van der Waals surface area (Å²) < 4.78 is 26.8. The van der Waals surface area contributed by atoms with Crippen molar-refractivity contribution in [3.8, 4) is 23.0 Å². The zero-order valence-corrected chi connectivity index (χ0v) is 19.2. The Bertz CT molecular complexity index is 934. The Morgan fingerprint density at radius 1 is 0.882 bits per heavy atom. The quantitative estimate of drug-likeness (QED) is 0.360. The van der Waals surface area contributed by atoms with E-state index < -0.39 is 37.3 Å². The summed E-state index contributed by atoms with van der Waals surface area (Å²) in [5.41, 5.74) is 1.20. The number of aliphatic hydroxyl groups excluding tert-OH is 4. The summed E-state index contributed by atoms with van der Waals surface area (Å²) in [6.07, 6.45) is -6.15. The van der Waals surface area contributed by atoms with Crippen molar-refractivity contribution >= 4 is 5.78 Å². The van der Waals surface area contributed by atoms with Gasteiger partial charge in [0, 0.05) is 18.6 Å². The second-order valence-electron chi connectivity index (χ2n) is 7.79. The average Bonchev–Trinajstić information content (AvgIpc) is 2.87. The molecule has 5 atom stereocenters. The van der Waals surface area contributed by atoms with Crippen LogP contribution in [0.4, 0.5) is 0 Å². The van der Waals surface area contributed by atoms with Gasteiger partial charge in [-0.05, 0) is 24.1 Å². The number of rotatable bonds is 10. The third-order valence-corrected chi connectivity index (χ3v) is 5.66. The Balaban J connectivity index is 1.64. The van der Waals surface area contributed by atoms with Crippen molar-refractivity contribution in [2.75, 3.05) is 27.9 Å². The molecule has 0 spiro atoms. The first kappa shape index (κ1) is 25.7. The van der Waals surface area contributed by atoms with E-state index >= 15 is 0 Å². The van der Waals surface area contributed by atoms with E-state index in [9.17, 15) is 25.2 Å². The molecule has 2 aromatic carbocycles. The van der Waals surface area contributed by atoms with E-state index in [4.69, 9.17) is 23.7 Å². The number of methoxy groups -OCH3 is 3. The van der Waals surface area contributed by atoms with E-state index in [2.05, 4.69) is 0 Å². The van der Waals surface area contributed by atoms with Crippen LogP contribution < -0.4 is 18.9 Å². The molecular formula is C24H30O10. The number of benzene rings is 2. The van der Waals surface area contributed by atoms with Crippen LogP contribution in [0.15, 0.2) is 36.4 Å². The van der Waals surface area contributed by atoms with E-state index in [1.807, 2.05) is 0 Å². The summed E-state index contributed by atoms with van der Waals surface area (Å²) in [6, 6.07) is 10.0. The van der Waals surface area contributed by atoms with Gasteiger partial charge in [-0.1, -0.05) is 12.1 Å². The number of ether oxygens (including phenoxy) is 5. The largest absolute Gasteiger partial charge is 0.496 e. The van der Waals surface area contributed by atoms with Gasteiger partial charge in [0.15, 0.2) is 5.78 Å². The van der Waals surface area contributed by atoms with Gasteiger partial charge in [-0.15, -0.1) is 0 Å². The van der Waals surface area contributed by atoms with Crippen molar-refractivity contribution in [2.24, 2.45) is 0 Å². The number of carbonyl (C=O) groups excluding carboxylic acids is 1. The summed E-state index contributed by atoms with van der Waals surface area (Å²) in [5, 5.41) is 39.1. The second-order valence-corrected chi connectivity index (χ2v) is 7.79. The van der Waals surface area contributed by atoms with E-state index in [0.29, 0.717) is 35.0 Å². The maximum absolute atomic E-state index is 12.9. The number of Topliss-reactive ketones (excluding diaryl/α,β-unsaturated/α-hetero) is 1. The third-order valence-electron chi connectivity index (χ3n) is 5.66. The molecule has 10 nitrogen and oxygen atoms in total. The first-order valence-corrected chi connectivity index (χ1v) is 10.7. The van der Waals surface area contributed by atoms with Crippen molar-refractivity contribution in [1.29, 1.82) is 0 Å². The van der Waals surface area contributed by atoms with Crippen molar-refractivity contribution in [3.63, 3.8) is 0 Å². The Hall–Kier alpha value is -2.89. The first-order valence-electron chi connectivity index (χ1n) is 10.7. The van der Waals surface area contributed by atoms with Gasteiger partial charge in [0.05, 0.1) is 27.9 Å². The highest BCUT2D eigenvalue weighted by Crippen LogP contribution is 2.35. The Kier molecular flexibility index (Phi) is 8.70. The van der Waals surface area contributed by atoms with Gasteiger partial charge in [0.1, 0.15) is 53.0 Å². The van der Waals surface area contributed by atoms with Gasteiger partial charge in [-0.2, -0.15) is 0 Å². The molecule has 0 aliphatic carbocycles. The second kappa shape index (κ2) is 11.5. The molecule has 34 heavy (non-hydrogen) atoms. The lowest BCUT2D eigenvalue weighted by Gasteiger charge is -2.39. The molecule has 0 aromatic heterocycles. The molecule has 0 saturated carbocycles. The van der Waals surface area contributed by atoms with Crippen molar-refractivity contribution < 1.29 is 48.9 Å². The number of hydrogen-bond acceptors (Lipinski definition) is 10. The monoisotopic (exact) mass is 478 g/mol.